The normalized spacial score (nSPS) is 13.0. The van der Waals surface area contributed by atoms with Crippen LogP contribution in [0.15, 0.2) is 36.4 Å². The van der Waals surface area contributed by atoms with E-state index in [1.165, 1.54) is 0 Å². The van der Waals surface area contributed by atoms with Crippen molar-refractivity contribution in [1.29, 1.82) is 0 Å². The summed E-state index contributed by atoms with van der Waals surface area (Å²) in [5.41, 5.74) is 1.41. The molecule has 26 heavy (non-hydrogen) atoms. The summed E-state index contributed by atoms with van der Waals surface area (Å²) in [4.78, 5) is 12.6. The van der Waals surface area contributed by atoms with E-state index in [1.807, 2.05) is 13.0 Å². The maximum Gasteiger partial charge on any atom is 0.241 e. The number of carbonyl (C=O) groups is 1. The Kier molecular flexibility index (Phi) is 7.14. The van der Waals surface area contributed by atoms with Gasteiger partial charge in [0.15, 0.2) is 0 Å². The van der Waals surface area contributed by atoms with Crippen LogP contribution in [0.2, 0.25) is 10.0 Å². The monoisotopic (exact) mass is 396 g/mol. The number of benzene rings is 2. The molecule has 0 fully saturated rings. The van der Waals surface area contributed by atoms with Crippen molar-refractivity contribution >= 4 is 34.8 Å². The van der Waals surface area contributed by atoms with Gasteiger partial charge in [0.1, 0.15) is 11.5 Å². The van der Waals surface area contributed by atoms with Crippen LogP contribution in [0.4, 0.5) is 5.69 Å². The molecule has 0 aliphatic heterocycles. The van der Waals surface area contributed by atoms with Crippen LogP contribution in [-0.2, 0) is 4.79 Å². The van der Waals surface area contributed by atoms with Crippen molar-refractivity contribution in [2.45, 2.75) is 25.9 Å². The molecule has 2 atom stereocenters. The van der Waals surface area contributed by atoms with E-state index in [2.05, 4.69) is 10.6 Å². The molecule has 0 saturated heterocycles. The zero-order valence-electron chi connectivity index (χ0n) is 15.1. The number of nitrogens with one attached hydrogen (secondary N) is 2. The minimum absolute atomic E-state index is 0.132. The van der Waals surface area contributed by atoms with Crippen molar-refractivity contribution in [2.24, 2.45) is 0 Å². The van der Waals surface area contributed by atoms with Gasteiger partial charge in [0.2, 0.25) is 5.91 Å². The smallest absolute Gasteiger partial charge is 0.241 e. The van der Waals surface area contributed by atoms with Crippen molar-refractivity contribution in [3.8, 4) is 11.5 Å². The van der Waals surface area contributed by atoms with E-state index in [9.17, 15) is 4.79 Å². The van der Waals surface area contributed by atoms with Gasteiger partial charge in [0.05, 0.1) is 25.9 Å². The summed E-state index contributed by atoms with van der Waals surface area (Å²) < 4.78 is 10.5. The highest BCUT2D eigenvalue weighted by atomic mass is 35.5. The van der Waals surface area contributed by atoms with E-state index in [0.717, 1.165) is 5.56 Å². The lowest BCUT2D eigenvalue weighted by atomic mass is 10.1. The summed E-state index contributed by atoms with van der Waals surface area (Å²) in [7, 11) is 3.11. The lowest BCUT2D eigenvalue weighted by Crippen LogP contribution is -2.39. The molecule has 5 nitrogen and oxygen atoms in total. The highest BCUT2D eigenvalue weighted by molar-refractivity contribution is 6.35. The molecule has 0 radical (unpaired) electrons. The van der Waals surface area contributed by atoms with Gasteiger partial charge in [-0.3, -0.25) is 10.1 Å². The van der Waals surface area contributed by atoms with Gasteiger partial charge >= 0.3 is 0 Å². The summed E-state index contributed by atoms with van der Waals surface area (Å²) in [5.74, 6) is 0.983. The van der Waals surface area contributed by atoms with E-state index in [4.69, 9.17) is 32.7 Å². The average molecular weight is 397 g/mol. The van der Waals surface area contributed by atoms with Gasteiger partial charge in [-0.2, -0.15) is 0 Å². The topological polar surface area (TPSA) is 59.6 Å². The molecule has 0 aliphatic rings. The summed E-state index contributed by atoms with van der Waals surface area (Å²) in [6, 6.07) is 9.92. The first kappa shape index (κ1) is 20.4. The van der Waals surface area contributed by atoms with E-state index in [-0.39, 0.29) is 11.9 Å². The Morgan fingerprint density at radius 2 is 1.77 bits per heavy atom. The first-order valence-electron chi connectivity index (χ1n) is 8.09. The summed E-state index contributed by atoms with van der Waals surface area (Å²) >= 11 is 12.2. The molecule has 2 N–H and O–H groups in total. The molecular formula is C19H22Cl2N2O3. The predicted octanol–water partition coefficient (Wildman–Crippen LogP) is 4.69. The van der Waals surface area contributed by atoms with Crippen LogP contribution in [0.25, 0.3) is 0 Å². The number of methoxy groups -OCH3 is 2. The van der Waals surface area contributed by atoms with Crippen LogP contribution >= 0.6 is 23.2 Å². The summed E-state index contributed by atoms with van der Waals surface area (Å²) in [6.07, 6.45) is 0. The second-order valence-electron chi connectivity index (χ2n) is 5.83. The highest BCUT2D eigenvalue weighted by Crippen LogP contribution is 2.29. The number of halogens is 2. The second-order valence-corrected chi connectivity index (χ2v) is 6.67. The fourth-order valence-electron chi connectivity index (χ4n) is 2.55. The molecule has 0 spiro atoms. The van der Waals surface area contributed by atoms with Crippen LogP contribution in [0.3, 0.4) is 0 Å². The minimum Gasteiger partial charge on any atom is -0.497 e. The predicted molar refractivity (Wildman–Crippen MR) is 106 cm³/mol. The van der Waals surface area contributed by atoms with Gasteiger partial charge in [-0.1, -0.05) is 29.3 Å². The third-order valence-electron chi connectivity index (χ3n) is 3.99. The highest BCUT2D eigenvalue weighted by Gasteiger charge is 2.19. The number of carbonyl (C=O) groups excluding carboxylic acids is 1. The molecule has 2 unspecified atom stereocenters. The molecule has 0 bridgehead atoms. The van der Waals surface area contributed by atoms with Crippen LogP contribution in [-0.4, -0.2) is 26.2 Å². The molecule has 140 valence electrons. The number of ether oxygens (including phenoxy) is 2. The van der Waals surface area contributed by atoms with E-state index in [0.29, 0.717) is 27.2 Å². The van der Waals surface area contributed by atoms with Crippen LogP contribution in [0.1, 0.15) is 25.5 Å². The number of hydrogen-bond donors (Lipinski definition) is 2. The standard InChI is InChI=1S/C19H22Cl2N2O3/c1-11(15-7-5-13(20)9-16(15)21)22-12(2)19(24)23-17-10-14(25-3)6-8-18(17)26-4/h5-12,22H,1-4H3,(H,23,24). The molecule has 2 rings (SSSR count). The van der Waals surface area contributed by atoms with Gasteiger partial charge < -0.3 is 14.8 Å². The first-order valence-corrected chi connectivity index (χ1v) is 8.85. The molecule has 0 heterocycles. The number of anilines is 1. The van der Waals surface area contributed by atoms with Gasteiger partial charge in [-0.25, -0.2) is 0 Å². The van der Waals surface area contributed by atoms with Crippen molar-refractivity contribution < 1.29 is 14.3 Å². The Morgan fingerprint density at radius 3 is 2.38 bits per heavy atom. The zero-order valence-corrected chi connectivity index (χ0v) is 16.6. The largest absolute Gasteiger partial charge is 0.497 e. The molecule has 0 saturated carbocycles. The Labute approximate surface area is 163 Å². The zero-order chi connectivity index (χ0) is 19.3. The lowest BCUT2D eigenvalue weighted by molar-refractivity contribution is -0.117. The molecule has 0 aliphatic carbocycles. The molecule has 2 aromatic carbocycles. The first-order chi connectivity index (χ1) is 12.3. The van der Waals surface area contributed by atoms with Crippen LogP contribution in [0.5, 0.6) is 11.5 Å². The summed E-state index contributed by atoms with van der Waals surface area (Å²) in [5, 5.41) is 7.21. The number of amides is 1. The van der Waals surface area contributed by atoms with Crippen molar-refractivity contribution in [3.05, 3.63) is 52.0 Å². The van der Waals surface area contributed by atoms with Gasteiger partial charge in [-0.15, -0.1) is 0 Å². The molecule has 1 amide bonds. The Hall–Kier alpha value is -1.95. The van der Waals surface area contributed by atoms with Gasteiger partial charge in [0.25, 0.3) is 0 Å². The fraction of sp³-hybridized carbons (Fsp3) is 0.316. The van der Waals surface area contributed by atoms with Gasteiger partial charge in [-0.05, 0) is 43.7 Å². The summed E-state index contributed by atoms with van der Waals surface area (Å²) in [6.45, 7) is 3.72. The van der Waals surface area contributed by atoms with Gasteiger partial charge in [0, 0.05) is 22.2 Å². The SMILES string of the molecule is COc1ccc(OC)c(NC(=O)C(C)NC(C)c2ccc(Cl)cc2Cl)c1. The fourth-order valence-corrected chi connectivity index (χ4v) is 3.12. The maximum absolute atomic E-state index is 12.6. The third kappa shape index (κ3) is 5.04. The van der Waals surface area contributed by atoms with Crippen LogP contribution < -0.4 is 20.1 Å². The van der Waals surface area contributed by atoms with Crippen molar-refractivity contribution in [3.63, 3.8) is 0 Å². The maximum atomic E-state index is 12.6. The second kappa shape index (κ2) is 9.12. The minimum atomic E-state index is -0.465. The average Bonchev–Trinajstić information content (AvgIpc) is 2.61. The Bertz CT molecular complexity index is 783. The Balaban J connectivity index is 2.08. The molecule has 7 heteroatoms. The van der Waals surface area contributed by atoms with Crippen molar-refractivity contribution in [1.82, 2.24) is 5.32 Å². The lowest BCUT2D eigenvalue weighted by Gasteiger charge is -2.21. The molecule has 2 aromatic rings. The quantitative estimate of drug-likeness (QED) is 0.712. The van der Waals surface area contributed by atoms with E-state index >= 15 is 0 Å². The third-order valence-corrected chi connectivity index (χ3v) is 4.55. The van der Waals surface area contributed by atoms with Crippen molar-refractivity contribution in [2.75, 3.05) is 19.5 Å². The van der Waals surface area contributed by atoms with E-state index < -0.39 is 6.04 Å². The number of rotatable bonds is 7. The molecule has 0 aromatic heterocycles. The number of hydrogen-bond acceptors (Lipinski definition) is 4. The van der Waals surface area contributed by atoms with Crippen LogP contribution in [0, 0.1) is 0 Å². The Morgan fingerprint density at radius 1 is 1.04 bits per heavy atom. The van der Waals surface area contributed by atoms with E-state index in [1.54, 1.807) is 51.5 Å². The molecular weight excluding hydrogens is 375 g/mol.